The SMILES string of the molecule is O=C(Nc1cc(Cl)cc(Cl)c1)C1CC1. The molecule has 14 heavy (non-hydrogen) atoms. The summed E-state index contributed by atoms with van der Waals surface area (Å²) in [6, 6.07) is 5.01. The van der Waals surface area contributed by atoms with E-state index in [1.54, 1.807) is 18.2 Å². The lowest BCUT2D eigenvalue weighted by atomic mass is 10.3. The summed E-state index contributed by atoms with van der Waals surface area (Å²) in [5, 5.41) is 3.84. The highest BCUT2D eigenvalue weighted by Gasteiger charge is 2.29. The maximum absolute atomic E-state index is 11.4. The van der Waals surface area contributed by atoms with E-state index in [4.69, 9.17) is 23.2 Å². The van der Waals surface area contributed by atoms with Crippen LogP contribution in [-0.4, -0.2) is 5.91 Å². The van der Waals surface area contributed by atoms with Crippen molar-refractivity contribution in [3.63, 3.8) is 0 Å². The summed E-state index contributed by atoms with van der Waals surface area (Å²) in [4.78, 5) is 11.4. The van der Waals surface area contributed by atoms with E-state index in [2.05, 4.69) is 5.32 Å². The van der Waals surface area contributed by atoms with Crippen LogP contribution in [0, 0.1) is 5.92 Å². The molecule has 0 bridgehead atoms. The number of amides is 1. The average Bonchev–Trinajstić information content (AvgIpc) is 2.82. The zero-order chi connectivity index (χ0) is 10.1. The molecule has 0 heterocycles. The van der Waals surface area contributed by atoms with Crippen LogP contribution in [0.15, 0.2) is 18.2 Å². The average molecular weight is 230 g/mol. The molecule has 1 fully saturated rings. The lowest BCUT2D eigenvalue weighted by molar-refractivity contribution is -0.117. The van der Waals surface area contributed by atoms with Crippen LogP contribution in [-0.2, 0) is 4.79 Å². The minimum atomic E-state index is 0.0586. The molecule has 1 aliphatic rings. The fourth-order valence-corrected chi connectivity index (χ4v) is 1.74. The number of anilines is 1. The van der Waals surface area contributed by atoms with E-state index < -0.39 is 0 Å². The molecular weight excluding hydrogens is 221 g/mol. The van der Waals surface area contributed by atoms with Crippen molar-refractivity contribution in [2.24, 2.45) is 5.92 Å². The number of benzene rings is 1. The normalized spacial score (nSPS) is 15.3. The summed E-state index contributed by atoms with van der Waals surface area (Å²) in [6.45, 7) is 0. The van der Waals surface area contributed by atoms with Crippen molar-refractivity contribution >= 4 is 34.8 Å². The maximum atomic E-state index is 11.4. The number of carbonyl (C=O) groups is 1. The summed E-state index contributed by atoms with van der Waals surface area (Å²) in [7, 11) is 0. The molecule has 0 spiro atoms. The van der Waals surface area contributed by atoms with Crippen molar-refractivity contribution in [1.29, 1.82) is 0 Å². The van der Waals surface area contributed by atoms with Gasteiger partial charge in [0, 0.05) is 21.7 Å². The molecule has 1 amide bonds. The standard InChI is InChI=1S/C10H9Cl2NO/c11-7-3-8(12)5-9(4-7)13-10(14)6-1-2-6/h3-6H,1-2H2,(H,13,14). The molecule has 1 saturated carbocycles. The highest BCUT2D eigenvalue weighted by molar-refractivity contribution is 6.35. The van der Waals surface area contributed by atoms with E-state index in [-0.39, 0.29) is 11.8 Å². The van der Waals surface area contributed by atoms with Crippen LogP contribution in [0.5, 0.6) is 0 Å². The van der Waals surface area contributed by atoms with Crippen LogP contribution < -0.4 is 5.32 Å². The van der Waals surface area contributed by atoms with Gasteiger partial charge in [-0.1, -0.05) is 23.2 Å². The van der Waals surface area contributed by atoms with E-state index in [0.717, 1.165) is 12.8 Å². The van der Waals surface area contributed by atoms with Gasteiger partial charge in [-0.2, -0.15) is 0 Å². The Hall–Kier alpha value is -0.730. The number of nitrogens with one attached hydrogen (secondary N) is 1. The van der Waals surface area contributed by atoms with E-state index in [1.807, 2.05) is 0 Å². The van der Waals surface area contributed by atoms with Crippen LogP contribution in [0.2, 0.25) is 10.0 Å². The highest BCUT2D eigenvalue weighted by atomic mass is 35.5. The van der Waals surface area contributed by atoms with E-state index in [0.29, 0.717) is 15.7 Å². The molecule has 0 atom stereocenters. The number of hydrogen-bond acceptors (Lipinski definition) is 1. The molecule has 2 nitrogen and oxygen atoms in total. The summed E-state index contributed by atoms with van der Waals surface area (Å²) in [5.41, 5.74) is 0.666. The van der Waals surface area contributed by atoms with Gasteiger partial charge >= 0.3 is 0 Å². The summed E-state index contributed by atoms with van der Waals surface area (Å²) in [6.07, 6.45) is 1.97. The summed E-state index contributed by atoms with van der Waals surface area (Å²) in [5.74, 6) is 0.246. The fraction of sp³-hybridized carbons (Fsp3) is 0.300. The van der Waals surface area contributed by atoms with Crippen molar-refractivity contribution < 1.29 is 4.79 Å². The Bertz CT molecular complexity index is 354. The molecule has 0 unspecified atom stereocenters. The van der Waals surface area contributed by atoms with Gasteiger partial charge in [-0.3, -0.25) is 4.79 Å². The molecule has 1 N–H and O–H groups in total. The van der Waals surface area contributed by atoms with Crippen molar-refractivity contribution in [3.05, 3.63) is 28.2 Å². The predicted octanol–water partition coefficient (Wildman–Crippen LogP) is 3.34. The first kappa shape index (κ1) is 9.81. The molecule has 1 aromatic carbocycles. The third-order valence-electron chi connectivity index (χ3n) is 2.08. The molecule has 0 radical (unpaired) electrons. The van der Waals surface area contributed by atoms with Gasteiger partial charge in [-0.05, 0) is 31.0 Å². The van der Waals surface area contributed by atoms with Crippen LogP contribution in [0.25, 0.3) is 0 Å². The molecule has 2 rings (SSSR count). The first-order chi connectivity index (χ1) is 6.65. The molecule has 1 aromatic rings. The fourth-order valence-electron chi connectivity index (χ4n) is 1.22. The molecule has 0 saturated heterocycles. The van der Waals surface area contributed by atoms with Gasteiger partial charge in [0.15, 0.2) is 0 Å². The molecule has 74 valence electrons. The van der Waals surface area contributed by atoms with Crippen LogP contribution in [0.4, 0.5) is 5.69 Å². The lowest BCUT2D eigenvalue weighted by Gasteiger charge is -2.04. The Balaban J connectivity index is 2.11. The topological polar surface area (TPSA) is 29.1 Å². The van der Waals surface area contributed by atoms with E-state index in [9.17, 15) is 4.79 Å². The summed E-state index contributed by atoms with van der Waals surface area (Å²) < 4.78 is 0. The van der Waals surface area contributed by atoms with Crippen LogP contribution in [0.3, 0.4) is 0 Å². The quantitative estimate of drug-likeness (QED) is 0.829. The first-order valence-electron chi connectivity index (χ1n) is 4.42. The highest BCUT2D eigenvalue weighted by Crippen LogP contribution is 2.31. The minimum Gasteiger partial charge on any atom is -0.326 e. The number of rotatable bonds is 2. The number of carbonyl (C=O) groups excluding carboxylic acids is 1. The van der Waals surface area contributed by atoms with Crippen LogP contribution in [0.1, 0.15) is 12.8 Å². The monoisotopic (exact) mass is 229 g/mol. The predicted molar refractivity (Wildman–Crippen MR) is 57.8 cm³/mol. The smallest absolute Gasteiger partial charge is 0.227 e. The number of hydrogen-bond donors (Lipinski definition) is 1. The molecule has 0 aromatic heterocycles. The number of halogens is 2. The van der Waals surface area contributed by atoms with Gasteiger partial charge in [0.25, 0.3) is 0 Å². The van der Waals surface area contributed by atoms with Gasteiger partial charge in [-0.15, -0.1) is 0 Å². The van der Waals surface area contributed by atoms with E-state index in [1.165, 1.54) is 0 Å². The minimum absolute atomic E-state index is 0.0586. The van der Waals surface area contributed by atoms with Crippen LogP contribution >= 0.6 is 23.2 Å². The Kier molecular flexibility index (Phi) is 2.66. The Morgan fingerprint density at radius 1 is 1.21 bits per heavy atom. The van der Waals surface area contributed by atoms with Crippen molar-refractivity contribution in [3.8, 4) is 0 Å². The molecule has 1 aliphatic carbocycles. The Morgan fingerprint density at radius 2 is 1.79 bits per heavy atom. The van der Waals surface area contributed by atoms with Crippen molar-refractivity contribution in [2.75, 3.05) is 5.32 Å². The lowest BCUT2D eigenvalue weighted by Crippen LogP contribution is -2.13. The third kappa shape index (κ3) is 2.40. The zero-order valence-electron chi connectivity index (χ0n) is 7.39. The Morgan fingerprint density at radius 3 is 2.29 bits per heavy atom. The second-order valence-electron chi connectivity index (χ2n) is 3.42. The summed E-state index contributed by atoms with van der Waals surface area (Å²) >= 11 is 11.6. The van der Waals surface area contributed by atoms with Gasteiger partial charge in [-0.25, -0.2) is 0 Å². The first-order valence-corrected chi connectivity index (χ1v) is 5.18. The van der Waals surface area contributed by atoms with Gasteiger partial charge in [0.2, 0.25) is 5.91 Å². The zero-order valence-corrected chi connectivity index (χ0v) is 8.90. The second-order valence-corrected chi connectivity index (χ2v) is 4.29. The second kappa shape index (κ2) is 3.79. The molecule has 4 heteroatoms. The maximum Gasteiger partial charge on any atom is 0.227 e. The van der Waals surface area contributed by atoms with Crippen molar-refractivity contribution in [1.82, 2.24) is 0 Å². The largest absolute Gasteiger partial charge is 0.326 e. The van der Waals surface area contributed by atoms with Gasteiger partial charge in [0.1, 0.15) is 0 Å². The molecular formula is C10H9Cl2NO. The van der Waals surface area contributed by atoms with Gasteiger partial charge < -0.3 is 5.32 Å². The molecule has 0 aliphatic heterocycles. The third-order valence-corrected chi connectivity index (χ3v) is 2.51. The van der Waals surface area contributed by atoms with Gasteiger partial charge in [0.05, 0.1) is 0 Å². The van der Waals surface area contributed by atoms with E-state index >= 15 is 0 Å². The Labute approximate surface area is 92.2 Å². The van der Waals surface area contributed by atoms with Crippen molar-refractivity contribution in [2.45, 2.75) is 12.8 Å².